The first-order valence-corrected chi connectivity index (χ1v) is 6.59. The molecule has 0 aliphatic carbocycles. The average Bonchev–Trinajstić information content (AvgIpc) is 2.65. The van der Waals surface area contributed by atoms with E-state index in [-0.39, 0.29) is 5.56 Å². The Morgan fingerprint density at radius 2 is 2.25 bits per heavy atom. The number of aromatic nitrogens is 4. The zero-order valence-electron chi connectivity index (χ0n) is 11.4. The van der Waals surface area contributed by atoms with Crippen molar-refractivity contribution < 1.29 is 0 Å². The van der Waals surface area contributed by atoms with E-state index in [1.54, 1.807) is 17.9 Å². The van der Waals surface area contributed by atoms with Crippen LogP contribution in [0.4, 0.5) is 5.69 Å². The molecular weight excluding hydrogens is 280 g/mol. The van der Waals surface area contributed by atoms with Crippen LogP contribution in [0, 0.1) is 6.92 Å². The second-order valence-electron chi connectivity index (χ2n) is 4.43. The largest absolute Gasteiger partial charge is 0.382 e. The number of nitrogens with zero attached hydrogens (tertiary/aromatic N) is 4. The zero-order valence-corrected chi connectivity index (χ0v) is 12.2. The zero-order chi connectivity index (χ0) is 14.7. The van der Waals surface area contributed by atoms with E-state index < -0.39 is 0 Å². The lowest BCUT2D eigenvalue weighted by molar-refractivity contribution is 0.637. The average molecular weight is 297 g/mol. The molecule has 2 aromatic heterocycles. The van der Waals surface area contributed by atoms with Gasteiger partial charge in [-0.25, -0.2) is 4.68 Å². The number of aryl methyl sites for hydroxylation is 2. The lowest BCUT2D eigenvalue weighted by atomic mass is 10.2. The van der Waals surface area contributed by atoms with E-state index in [2.05, 4.69) is 15.5 Å². The van der Waals surface area contributed by atoms with Gasteiger partial charge in [0, 0.05) is 31.8 Å². The van der Waals surface area contributed by atoms with Crippen molar-refractivity contribution in [1.82, 2.24) is 19.6 Å². The molecule has 0 unspecified atom stereocenters. The number of hydrogen-bond donors (Lipinski definition) is 2. The highest BCUT2D eigenvalue weighted by atomic mass is 35.5. The van der Waals surface area contributed by atoms with E-state index in [1.807, 2.05) is 6.92 Å². The fraction of sp³-hybridized carbons (Fsp3) is 0.417. The summed E-state index contributed by atoms with van der Waals surface area (Å²) < 4.78 is 2.93. The van der Waals surface area contributed by atoms with E-state index in [9.17, 15) is 4.79 Å². The quantitative estimate of drug-likeness (QED) is 0.831. The van der Waals surface area contributed by atoms with E-state index >= 15 is 0 Å². The van der Waals surface area contributed by atoms with Gasteiger partial charge in [0.25, 0.3) is 5.56 Å². The summed E-state index contributed by atoms with van der Waals surface area (Å²) in [4.78, 5) is 12.0. The molecule has 3 N–H and O–H groups in total. The molecule has 108 valence electrons. The van der Waals surface area contributed by atoms with Crippen LogP contribution >= 0.6 is 11.6 Å². The van der Waals surface area contributed by atoms with Crippen molar-refractivity contribution in [2.75, 3.05) is 18.4 Å². The van der Waals surface area contributed by atoms with Crippen LogP contribution in [0.3, 0.4) is 0 Å². The van der Waals surface area contributed by atoms with E-state index in [1.165, 1.54) is 10.7 Å². The first kappa shape index (κ1) is 14.5. The summed E-state index contributed by atoms with van der Waals surface area (Å²) in [5, 5.41) is 11.9. The topological polar surface area (TPSA) is 90.8 Å². The van der Waals surface area contributed by atoms with Crippen molar-refractivity contribution in [2.24, 2.45) is 12.8 Å². The van der Waals surface area contributed by atoms with E-state index in [0.29, 0.717) is 30.5 Å². The summed E-state index contributed by atoms with van der Waals surface area (Å²) in [7, 11) is 1.76. The SMILES string of the molecule is Cc1nn(C)c(Cl)c1Cn1ncc(NCCN)cc1=O. The van der Waals surface area contributed by atoms with E-state index in [0.717, 1.165) is 11.3 Å². The Morgan fingerprint density at radius 1 is 1.50 bits per heavy atom. The number of halogens is 1. The molecule has 0 aliphatic rings. The molecule has 0 atom stereocenters. The Hall–Kier alpha value is -1.86. The van der Waals surface area contributed by atoms with Gasteiger partial charge in [0.2, 0.25) is 0 Å². The van der Waals surface area contributed by atoms with Crippen LogP contribution < -0.4 is 16.6 Å². The van der Waals surface area contributed by atoms with Crippen LogP contribution in [-0.4, -0.2) is 32.7 Å². The second-order valence-corrected chi connectivity index (χ2v) is 4.79. The second kappa shape index (κ2) is 6.06. The molecule has 0 aromatic carbocycles. The van der Waals surface area contributed by atoms with Crippen LogP contribution in [0.2, 0.25) is 5.15 Å². The minimum atomic E-state index is -0.202. The van der Waals surface area contributed by atoms with Crippen LogP contribution in [0.1, 0.15) is 11.3 Å². The van der Waals surface area contributed by atoms with Crippen LogP contribution in [-0.2, 0) is 13.6 Å². The highest BCUT2D eigenvalue weighted by Crippen LogP contribution is 2.18. The van der Waals surface area contributed by atoms with Crippen LogP contribution in [0.15, 0.2) is 17.1 Å². The Morgan fingerprint density at radius 3 is 2.80 bits per heavy atom. The number of anilines is 1. The molecule has 2 heterocycles. The number of nitrogens with one attached hydrogen (secondary N) is 1. The molecule has 20 heavy (non-hydrogen) atoms. The molecule has 0 saturated heterocycles. The first-order valence-electron chi connectivity index (χ1n) is 6.22. The summed E-state index contributed by atoms with van der Waals surface area (Å²) in [5.74, 6) is 0. The molecule has 0 aliphatic heterocycles. The molecule has 0 radical (unpaired) electrons. The fourth-order valence-electron chi connectivity index (χ4n) is 1.87. The number of hydrogen-bond acceptors (Lipinski definition) is 5. The van der Waals surface area contributed by atoms with Gasteiger partial charge in [-0.3, -0.25) is 9.48 Å². The van der Waals surface area contributed by atoms with Crippen molar-refractivity contribution in [3.63, 3.8) is 0 Å². The van der Waals surface area contributed by atoms with Gasteiger partial charge >= 0.3 is 0 Å². The summed E-state index contributed by atoms with van der Waals surface area (Å²) >= 11 is 6.15. The van der Waals surface area contributed by atoms with Gasteiger partial charge in [-0.05, 0) is 6.92 Å². The Balaban J connectivity index is 2.24. The molecule has 0 fully saturated rings. The summed E-state index contributed by atoms with van der Waals surface area (Å²) in [6.07, 6.45) is 1.59. The number of rotatable bonds is 5. The maximum atomic E-state index is 12.0. The molecule has 0 saturated carbocycles. The molecule has 2 rings (SSSR count). The molecular formula is C12H17ClN6O. The summed E-state index contributed by atoms with van der Waals surface area (Å²) in [5.41, 5.74) is 7.43. The maximum Gasteiger partial charge on any atom is 0.269 e. The third kappa shape index (κ3) is 3.00. The molecule has 0 spiro atoms. The smallest absolute Gasteiger partial charge is 0.269 e. The highest BCUT2D eigenvalue weighted by molar-refractivity contribution is 6.30. The standard InChI is InChI=1S/C12H17ClN6O/c1-8-10(12(13)18(2)17-8)7-19-11(20)5-9(6-16-19)15-4-3-14/h5-6,15H,3-4,7,14H2,1-2H3. The Bertz CT molecular complexity index is 662. The van der Waals surface area contributed by atoms with Gasteiger partial charge in [-0.2, -0.15) is 10.2 Å². The van der Waals surface area contributed by atoms with Crippen LogP contribution in [0.5, 0.6) is 0 Å². The molecule has 8 heteroatoms. The highest BCUT2D eigenvalue weighted by Gasteiger charge is 2.12. The molecule has 2 aromatic rings. The normalized spacial score (nSPS) is 10.8. The Labute approximate surface area is 121 Å². The van der Waals surface area contributed by atoms with Gasteiger partial charge in [0.15, 0.2) is 0 Å². The third-order valence-electron chi connectivity index (χ3n) is 2.92. The van der Waals surface area contributed by atoms with Crippen molar-refractivity contribution in [3.05, 3.63) is 39.0 Å². The fourth-order valence-corrected chi connectivity index (χ4v) is 2.10. The van der Waals surface area contributed by atoms with E-state index in [4.69, 9.17) is 17.3 Å². The van der Waals surface area contributed by atoms with Gasteiger partial charge in [0.05, 0.1) is 24.1 Å². The van der Waals surface area contributed by atoms with Gasteiger partial charge < -0.3 is 11.1 Å². The maximum absolute atomic E-state index is 12.0. The first-order chi connectivity index (χ1) is 9.52. The van der Waals surface area contributed by atoms with Gasteiger partial charge in [-0.15, -0.1) is 0 Å². The van der Waals surface area contributed by atoms with Crippen molar-refractivity contribution in [1.29, 1.82) is 0 Å². The predicted molar refractivity (Wildman–Crippen MR) is 78.1 cm³/mol. The molecule has 7 nitrogen and oxygen atoms in total. The van der Waals surface area contributed by atoms with Gasteiger partial charge in [-0.1, -0.05) is 11.6 Å². The van der Waals surface area contributed by atoms with Crippen molar-refractivity contribution in [3.8, 4) is 0 Å². The van der Waals surface area contributed by atoms with Crippen LogP contribution in [0.25, 0.3) is 0 Å². The van der Waals surface area contributed by atoms with Crippen molar-refractivity contribution in [2.45, 2.75) is 13.5 Å². The summed E-state index contributed by atoms with van der Waals surface area (Å²) in [6.45, 7) is 3.24. The number of nitrogens with two attached hydrogens (primary N) is 1. The predicted octanol–water partition coefficient (Wildman–Crippen LogP) is 0.358. The summed E-state index contributed by atoms with van der Waals surface area (Å²) in [6, 6.07) is 1.49. The molecule has 0 amide bonds. The monoisotopic (exact) mass is 296 g/mol. The third-order valence-corrected chi connectivity index (χ3v) is 3.39. The minimum Gasteiger partial charge on any atom is -0.382 e. The Kier molecular flexibility index (Phi) is 4.41. The minimum absolute atomic E-state index is 0.202. The van der Waals surface area contributed by atoms with Crippen molar-refractivity contribution >= 4 is 17.3 Å². The lowest BCUT2D eigenvalue weighted by Gasteiger charge is -2.07. The van der Waals surface area contributed by atoms with Gasteiger partial charge in [0.1, 0.15) is 5.15 Å². The molecule has 0 bridgehead atoms. The lowest BCUT2D eigenvalue weighted by Crippen LogP contribution is -2.24.